The van der Waals surface area contributed by atoms with Crippen LogP contribution < -0.4 is 5.73 Å². The molecule has 1 fully saturated rings. The Bertz CT molecular complexity index is 373. The Balaban J connectivity index is 0.00000144. The number of aryl methyl sites for hydroxylation is 1. The van der Waals surface area contributed by atoms with Crippen LogP contribution in [-0.2, 0) is 18.3 Å². The average molecular weight is 351 g/mol. The summed E-state index contributed by atoms with van der Waals surface area (Å²) in [4.78, 5) is 6.38. The summed E-state index contributed by atoms with van der Waals surface area (Å²) in [6.45, 7) is 3.67. The van der Waals surface area contributed by atoms with Crippen LogP contribution in [0.2, 0.25) is 0 Å². The molecule has 2 N–H and O–H groups in total. The standard InChI is InChI=1S/C10H17N5O.HI/c1-14-8-9(7-13-14)6-12-10(11)15-2-4-16-5-3-15;/h7-8H,2-6H2,1H3,(H2,11,12);1H. The van der Waals surface area contributed by atoms with Crippen molar-refractivity contribution in [3.63, 3.8) is 0 Å². The number of aromatic nitrogens is 2. The summed E-state index contributed by atoms with van der Waals surface area (Å²) in [5.74, 6) is 0.590. The molecule has 1 aliphatic rings. The van der Waals surface area contributed by atoms with Crippen LogP contribution in [0.5, 0.6) is 0 Å². The summed E-state index contributed by atoms with van der Waals surface area (Å²) in [7, 11) is 1.89. The van der Waals surface area contributed by atoms with E-state index in [0.29, 0.717) is 12.5 Å². The predicted molar refractivity (Wildman–Crippen MR) is 76.3 cm³/mol. The summed E-state index contributed by atoms with van der Waals surface area (Å²) in [6, 6.07) is 0. The Morgan fingerprint density at radius 2 is 2.24 bits per heavy atom. The van der Waals surface area contributed by atoms with Gasteiger partial charge in [0.1, 0.15) is 0 Å². The summed E-state index contributed by atoms with van der Waals surface area (Å²) in [5.41, 5.74) is 6.96. The van der Waals surface area contributed by atoms with Gasteiger partial charge in [-0.25, -0.2) is 4.99 Å². The second-order valence-corrected chi connectivity index (χ2v) is 3.80. The van der Waals surface area contributed by atoms with E-state index in [2.05, 4.69) is 10.1 Å². The van der Waals surface area contributed by atoms with Crippen molar-refractivity contribution in [2.45, 2.75) is 6.54 Å². The lowest BCUT2D eigenvalue weighted by Gasteiger charge is -2.27. The van der Waals surface area contributed by atoms with Crippen molar-refractivity contribution in [3.05, 3.63) is 18.0 Å². The molecule has 1 aromatic heterocycles. The summed E-state index contributed by atoms with van der Waals surface area (Å²) < 4.78 is 7.01. The third-order valence-electron chi connectivity index (χ3n) is 2.52. The van der Waals surface area contributed by atoms with E-state index in [4.69, 9.17) is 10.5 Å². The molecule has 96 valence electrons. The van der Waals surface area contributed by atoms with Crippen molar-refractivity contribution in [3.8, 4) is 0 Å². The first-order valence-electron chi connectivity index (χ1n) is 5.36. The molecule has 17 heavy (non-hydrogen) atoms. The van der Waals surface area contributed by atoms with E-state index in [1.165, 1.54) is 0 Å². The van der Waals surface area contributed by atoms with E-state index < -0.39 is 0 Å². The van der Waals surface area contributed by atoms with E-state index in [-0.39, 0.29) is 24.0 Å². The third kappa shape index (κ3) is 4.15. The Kier molecular flexibility index (Phi) is 5.69. The molecule has 2 rings (SSSR count). The fourth-order valence-corrected chi connectivity index (χ4v) is 1.62. The zero-order valence-electron chi connectivity index (χ0n) is 9.87. The molecule has 1 aromatic rings. The lowest BCUT2D eigenvalue weighted by Crippen LogP contribution is -2.44. The molecule has 0 radical (unpaired) electrons. The number of halogens is 1. The molecule has 1 aliphatic heterocycles. The molecule has 0 spiro atoms. The maximum atomic E-state index is 5.90. The van der Waals surface area contributed by atoms with E-state index in [1.54, 1.807) is 10.9 Å². The van der Waals surface area contributed by atoms with Crippen LogP contribution in [0.25, 0.3) is 0 Å². The Labute approximate surface area is 118 Å². The molecule has 0 saturated carbocycles. The molecule has 0 bridgehead atoms. The largest absolute Gasteiger partial charge is 0.378 e. The highest BCUT2D eigenvalue weighted by Gasteiger charge is 2.11. The van der Waals surface area contributed by atoms with Gasteiger partial charge in [0.05, 0.1) is 26.0 Å². The van der Waals surface area contributed by atoms with Crippen molar-refractivity contribution in [2.75, 3.05) is 26.3 Å². The molecule has 0 amide bonds. The smallest absolute Gasteiger partial charge is 0.191 e. The van der Waals surface area contributed by atoms with Crippen LogP contribution in [-0.4, -0.2) is 46.9 Å². The monoisotopic (exact) mass is 351 g/mol. The molecule has 2 heterocycles. The molecular weight excluding hydrogens is 333 g/mol. The highest BCUT2D eigenvalue weighted by molar-refractivity contribution is 14.0. The number of hydrogen-bond donors (Lipinski definition) is 1. The summed E-state index contributed by atoms with van der Waals surface area (Å²) >= 11 is 0. The van der Waals surface area contributed by atoms with Gasteiger partial charge in [0.15, 0.2) is 5.96 Å². The van der Waals surface area contributed by atoms with Crippen LogP contribution in [0.4, 0.5) is 0 Å². The minimum Gasteiger partial charge on any atom is -0.378 e. The molecule has 0 aliphatic carbocycles. The number of rotatable bonds is 2. The van der Waals surface area contributed by atoms with Gasteiger partial charge in [-0.05, 0) is 0 Å². The fraction of sp³-hybridized carbons (Fsp3) is 0.600. The van der Waals surface area contributed by atoms with Crippen LogP contribution >= 0.6 is 24.0 Å². The van der Waals surface area contributed by atoms with Crippen molar-refractivity contribution in [1.82, 2.24) is 14.7 Å². The molecule has 0 atom stereocenters. The van der Waals surface area contributed by atoms with Crippen molar-refractivity contribution < 1.29 is 4.74 Å². The van der Waals surface area contributed by atoms with Crippen molar-refractivity contribution in [2.24, 2.45) is 17.8 Å². The van der Waals surface area contributed by atoms with Crippen LogP contribution in [0.3, 0.4) is 0 Å². The second kappa shape index (κ2) is 6.80. The number of guanidine groups is 1. The number of hydrogen-bond acceptors (Lipinski definition) is 3. The van der Waals surface area contributed by atoms with Gasteiger partial charge in [0, 0.05) is 31.9 Å². The molecule has 7 heteroatoms. The van der Waals surface area contributed by atoms with Crippen LogP contribution in [0.1, 0.15) is 5.56 Å². The Morgan fingerprint density at radius 1 is 1.53 bits per heavy atom. The molecule has 1 saturated heterocycles. The Hall–Kier alpha value is -0.830. The van der Waals surface area contributed by atoms with Crippen LogP contribution in [0, 0.1) is 0 Å². The lowest BCUT2D eigenvalue weighted by atomic mass is 10.4. The SMILES string of the molecule is Cn1cc(CN=C(N)N2CCOCC2)cn1.I. The van der Waals surface area contributed by atoms with E-state index >= 15 is 0 Å². The highest BCUT2D eigenvalue weighted by Crippen LogP contribution is 2.01. The van der Waals surface area contributed by atoms with Gasteiger partial charge in [0.25, 0.3) is 0 Å². The van der Waals surface area contributed by atoms with E-state index in [1.807, 2.05) is 18.1 Å². The number of ether oxygens (including phenoxy) is 1. The first-order valence-corrected chi connectivity index (χ1v) is 5.36. The van der Waals surface area contributed by atoms with Gasteiger partial charge < -0.3 is 15.4 Å². The Morgan fingerprint density at radius 3 is 2.82 bits per heavy atom. The van der Waals surface area contributed by atoms with Gasteiger partial charge >= 0.3 is 0 Å². The van der Waals surface area contributed by atoms with Gasteiger partial charge in [-0.3, -0.25) is 4.68 Å². The molecule has 6 nitrogen and oxygen atoms in total. The maximum absolute atomic E-state index is 5.90. The van der Waals surface area contributed by atoms with Crippen molar-refractivity contribution >= 4 is 29.9 Å². The zero-order valence-corrected chi connectivity index (χ0v) is 12.2. The third-order valence-corrected chi connectivity index (χ3v) is 2.52. The predicted octanol–water partition coefficient (Wildman–Crippen LogP) is 0.185. The van der Waals surface area contributed by atoms with Gasteiger partial charge in [-0.1, -0.05) is 0 Å². The topological polar surface area (TPSA) is 68.7 Å². The lowest BCUT2D eigenvalue weighted by molar-refractivity contribution is 0.0674. The number of nitrogens with two attached hydrogens (primary N) is 1. The zero-order chi connectivity index (χ0) is 11.4. The summed E-state index contributed by atoms with van der Waals surface area (Å²) in [6.07, 6.45) is 3.74. The minimum atomic E-state index is 0. The molecule has 0 unspecified atom stereocenters. The average Bonchev–Trinajstić information content (AvgIpc) is 2.73. The minimum absolute atomic E-state index is 0. The highest BCUT2D eigenvalue weighted by atomic mass is 127. The number of nitrogens with zero attached hydrogens (tertiary/aromatic N) is 4. The van der Waals surface area contributed by atoms with Gasteiger partial charge in [0.2, 0.25) is 0 Å². The van der Waals surface area contributed by atoms with E-state index in [9.17, 15) is 0 Å². The van der Waals surface area contributed by atoms with Gasteiger partial charge in [-0.15, -0.1) is 24.0 Å². The number of aliphatic imine (C=N–C) groups is 1. The summed E-state index contributed by atoms with van der Waals surface area (Å²) in [5, 5.41) is 4.08. The molecule has 0 aromatic carbocycles. The van der Waals surface area contributed by atoms with Crippen molar-refractivity contribution in [1.29, 1.82) is 0 Å². The van der Waals surface area contributed by atoms with Crippen LogP contribution in [0.15, 0.2) is 17.4 Å². The normalized spacial score (nSPS) is 16.8. The molecular formula is C10H18IN5O. The number of morpholine rings is 1. The fourth-order valence-electron chi connectivity index (χ4n) is 1.62. The second-order valence-electron chi connectivity index (χ2n) is 3.80. The quantitative estimate of drug-likeness (QED) is 0.469. The first kappa shape index (κ1) is 14.2. The maximum Gasteiger partial charge on any atom is 0.191 e. The van der Waals surface area contributed by atoms with Gasteiger partial charge in [-0.2, -0.15) is 5.10 Å². The first-order chi connectivity index (χ1) is 7.75. The van der Waals surface area contributed by atoms with E-state index in [0.717, 1.165) is 31.9 Å².